The predicted molar refractivity (Wildman–Crippen MR) is 117 cm³/mol. The van der Waals surface area contributed by atoms with E-state index in [1.54, 1.807) is 6.20 Å². The highest BCUT2D eigenvalue weighted by molar-refractivity contribution is 6.12. The zero-order chi connectivity index (χ0) is 21.9. The normalized spacial score (nSPS) is 12.2. The minimum atomic E-state index is -4.40. The monoisotopic (exact) mass is 429 g/mol. The van der Waals surface area contributed by atoms with E-state index < -0.39 is 11.7 Å². The molecular formula is C24H14F3N5. The van der Waals surface area contributed by atoms with E-state index in [1.807, 2.05) is 42.5 Å². The van der Waals surface area contributed by atoms with E-state index >= 15 is 0 Å². The van der Waals surface area contributed by atoms with Gasteiger partial charge in [0.25, 0.3) is 0 Å². The van der Waals surface area contributed by atoms with Gasteiger partial charge in [-0.2, -0.15) is 13.2 Å². The Hall–Kier alpha value is -4.20. The maximum absolute atomic E-state index is 13.1. The zero-order valence-corrected chi connectivity index (χ0v) is 16.4. The van der Waals surface area contributed by atoms with E-state index in [0.717, 1.165) is 39.5 Å². The van der Waals surface area contributed by atoms with Crippen LogP contribution in [0.25, 0.3) is 55.7 Å². The third-order valence-corrected chi connectivity index (χ3v) is 5.48. The lowest BCUT2D eigenvalue weighted by atomic mass is 10.0. The van der Waals surface area contributed by atoms with E-state index in [-0.39, 0.29) is 0 Å². The number of aromatic amines is 2. The average molecular weight is 429 g/mol. The number of imidazole rings is 1. The van der Waals surface area contributed by atoms with Crippen molar-refractivity contribution in [2.75, 3.05) is 0 Å². The third-order valence-electron chi connectivity index (χ3n) is 5.48. The van der Waals surface area contributed by atoms with Gasteiger partial charge in [-0.3, -0.25) is 0 Å². The molecule has 0 saturated carbocycles. The average Bonchev–Trinajstić information content (AvgIpc) is 3.39. The summed E-state index contributed by atoms with van der Waals surface area (Å²) in [6.45, 7) is 0. The summed E-state index contributed by atoms with van der Waals surface area (Å²) < 4.78 is 39.2. The number of halogens is 3. The molecule has 0 unspecified atom stereocenters. The first-order valence-electron chi connectivity index (χ1n) is 9.87. The van der Waals surface area contributed by atoms with Crippen LogP contribution in [0.15, 0.2) is 72.9 Å². The largest absolute Gasteiger partial charge is 0.416 e. The molecule has 0 spiro atoms. The lowest BCUT2D eigenvalue weighted by molar-refractivity contribution is -0.137. The number of pyridine rings is 2. The van der Waals surface area contributed by atoms with Crippen molar-refractivity contribution in [3.63, 3.8) is 0 Å². The molecule has 0 bridgehead atoms. The van der Waals surface area contributed by atoms with Gasteiger partial charge in [-0.25, -0.2) is 15.0 Å². The van der Waals surface area contributed by atoms with E-state index in [0.29, 0.717) is 28.4 Å². The minimum absolute atomic E-state index is 0.541. The van der Waals surface area contributed by atoms with Gasteiger partial charge in [0.2, 0.25) is 0 Å². The molecule has 0 radical (unpaired) electrons. The molecule has 0 saturated heterocycles. The van der Waals surface area contributed by atoms with Crippen molar-refractivity contribution >= 4 is 33.0 Å². The topological polar surface area (TPSA) is 70.2 Å². The summed E-state index contributed by atoms with van der Waals surface area (Å²) in [6, 6.07) is 18.5. The highest BCUT2D eigenvalue weighted by Crippen LogP contribution is 2.36. The van der Waals surface area contributed by atoms with Crippen LogP contribution in [0.1, 0.15) is 5.56 Å². The van der Waals surface area contributed by atoms with Crippen LogP contribution in [-0.2, 0) is 6.18 Å². The van der Waals surface area contributed by atoms with Gasteiger partial charge in [0.05, 0.1) is 22.3 Å². The maximum atomic E-state index is 13.1. The predicted octanol–water partition coefficient (Wildman–Crippen LogP) is 6.34. The van der Waals surface area contributed by atoms with Crippen LogP contribution in [0.2, 0.25) is 0 Å². The summed E-state index contributed by atoms with van der Waals surface area (Å²) in [5.74, 6) is 0.541. The lowest BCUT2D eigenvalue weighted by Crippen LogP contribution is -2.04. The summed E-state index contributed by atoms with van der Waals surface area (Å²) in [4.78, 5) is 20.2. The first-order chi connectivity index (χ1) is 15.5. The Morgan fingerprint density at radius 1 is 0.750 bits per heavy atom. The summed E-state index contributed by atoms with van der Waals surface area (Å²) in [6.07, 6.45) is -2.73. The van der Waals surface area contributed by atoms with Crippen molar-refractivity contribution in [2.24, 2.45) is 0 Å². The van der Waals surface area contributed by atoms with Crippen LogP contribution in [0.4, 0.5) is 13.2 Å². The van der Waals surface area contributed by atoms with Crippen LogP contribution < -0.4 is 0 Å². The Morgan fingerprint density at radius 2 is 1.53 bits per heavy atom. The van der Waals surface area contributed by atoms with E-state index in [9.17, 15) is 13.2 Å². The van der Waals surface area contributed by atoms with Gasteiger partial charge in [-0.05, 0) is 36.4 Å². The molecule has 156 valence electrons. The molecule has 0 atom stereocenters. The van der Waals surface area contributed by atoms with Crippen molar-refractivity contribution in [3.8, 4) is 22.8 Å². The molecule has 6 aromatic rings. The molecule has 6 rings (SSSR count). The Labute approximate surface area is 179 Å². The number of para-hydroxylation sites is 1. The molecular weight excluding hydrogens is 415 g/mol. The van der Waals surface area contributed by atoms with Gasteiger partial charge >= 0.3 is 6.18 Å². The van der Waals surface area contributed by atoms with Crippen molar-refractivity contribution < 1.29 is 13.2 Å². The number of fused-ring (bicyclic) bond motifs is 4. The van der Waals surface area contributed by atoms with Crippen molar-refractivity contribution in [2.45, 2.75) is 6.18 Å². The number of nitrogens with one attached hydrogen (secondary N) is 2. The van der Waals surface area contributed by atoms with Gasteiger partial charge in [0.15, 0.2) is 11.5 Å². The molecule has 8 heteroatoms. The van der Waals surface area contributed by atoms with Crippen LogP contribution in [0.3, 0.4) is 0 Å². The smallest absolute Gasteiger partial charge is 0.353 e. The van der Waals surface area contributed by atoms with Crippen LogP contribution in [-0.4, -0.2) is 24.9 Å². The Kier molecular flexibility index (Phi) is 3.86. The second-order valence-electron chi connectivity index (χ2n) is 7.48. The molecule has 4 heterocycles. The van der Waals surface area contributed by atoms with Crippen molar-refractivity contribution in [1.82, 2.24) is 24.9 Å². The molecule has 5 nitrogen and oxygen atoms in total. The number of alkyl halides is 3. The first kappa shape index (κ1) is 18.6. The van der Waals surface area contributed by atoms with Crippen molar-refractivity contribution in [1.29, 1.82) is 0 Å². The van der Waals surface area contributed by atoms with Gasteiger partial charge in [0, 0.05) is 28.0 Å². The van der Waals surface area contributed by atoms with Gasteiger partial charge in [-0.15, -0.1) is 0 Å². The quantitative estimate of drug-likeness (QED) is 0.337. The number of hydrogen-bond acceptors (Lipinski definition) is 3. The number of aromatic nitrogens is 5. The molecule has 0 fully saturated rings. The fourth-order valence-electron chi connectivity index (χ4n) is 3.96. The maximum Gasteiger partial charge on any atom is 0.416 e. The third kappa shape index (κ3) is 2.91. The van der Waals surface area contributed by atoms with Crippen molar-refractivity contribution in [3.05, 3.63) is 78.5 Å². The second kappa shape index (κ2) is 6.65. The van der Waals surface area contributed by atoms with E-state index in [2.05, 4.69) is 19.9 Å². The molecule has 4 aromatic heterocycles. The van der Waals surface area contributed by atoms with Gasteiger partial charge in [0.1, 0.15) is 5.69 Å². The molecule has 0 amide bonds. The molecule has 0 aliphatic rings. The lowest BCUT2D eigenvalue weighted by Gasteiger charge is -2.09. The Bertz CT molecular complexity index is 1580. The summed E-state index contributed by atoms with van der Waals surface area (Å²) in [5, 5.41) is 1.91. The molecule has 32 heavy (non-hydrogen) atoms. The molecule has 2 aromatic carbocycles. The van der Waals surface area contributed by atoms with Crippen LogP contribution in [0, 0.1) is 0 Å². The van der Waals surface area contributed by atoms with E-state index in [4.69, 9.17) is 4.98 Å². The Balaban J connectivity index is 1.62. The van der Waals surface area contributed by atoms with Gasteiger partial charge < -0.3 is 9.97 Å². The second-order valence-corrected chi connectivity index (χ2v) is 7.48. The minimum Gasteiger partial charge on any atom is -0.353 e. The number of rotatable bonds is 2. The SMILES string of the molecule is FC(F)(F)c1ccc(-c2nc(-c3nc4ncccc4[nH]3)cc3c2[nH]c2ccccc23)cc1. The van der Waals surface area contributed by atoms with Gasteiger partial charge in [-0.1, -0.05) is 30.3 Å². The summed E-state index contributed by atoms with van der Waals surface area (Å²) in [5.41, 5.74) is 4.02. The highest BCUT2D eigenvalue weighted by atomic mass is 19.4. The first-order valence-corrected chi connectivity index (χ1v) is 9.87. The highest BCUT2D eigenvalue weighted by Gasteiger charge is 2.30. The van der Waals surface area contributed by atoms with Crippen LogP contribution >= 0.6 is 0 Å². The van der Waals surface area contributed by atoms with Crippen LogP contribution in [0.5, 0.6) is 0 Å². The zero-order valence-electron chi connectivity index (χ0n) is 16.4. The summed E-state index contributed by atoms with van der Waals surface area (Å²) >= 11 is 0. The number of nitrogens with zero attached hydrogens (tertiary/aromatic N) is 3. The fourth-order valence-corrected chi connectivity index (χ4v) is 3.96. The summed E-state index contributed by atoms with van der Waals surface area (Å²) in [7, 11) is 0. The molecule has 2 N–H and O–H groups in total. The molecule has 0 aliphatic heterocycles. The number of hydrogen-bond donors (Lipinski definition) is 2. The fraction of sp³-hybridized carbons (Fsp3) is 0.0417. The van der Waals surface area contributed by atoms with E-state index in [1.165, 1.54) is 12.1 Å². The Morgan fingerprint density at radius 3 is 2.31 bits per heavy atom. The standard InChI is InChI=1S/C24H14F3N5/c25-24(26,27)14-9-7-13(8-10-14)20-21-16(15-4-1-2-5-17(15)29-21)12-19(30-20)23-31-18-6-3-11-28-22(18)32-23/h1-12,29H,(H,28,31,32). The molecule has 0 aliphatic carbocycles. The number of benzene rings is 2. The number of H-pyrrole nitrogens is 2.